The number of likely N-dealkylation sites (tertiary alicyclic amines) is 5. The molecule has 7 fully saturated rings. The number of piperidine rings is 5. The predicted octanol–water partition coefficient (Wildman–Crippen LogP) is 2.80. The number of halogens is 1. The fourth-order valence-corrected chi connectivity index (χ4v) is 22.0. The summed E-state index contributed by atoms with van der Waals surface area (Å²) < 4.78 is 8.67. The maximum absolute atomic E-state index is 13.6. The number of likely N-dealkylation sites (N-methyl/N-ethyl adjacent to an activating group) is 5. The molecule has 2 aliphatic carbocycles. The van der Waals surface area contributed by atoms with Crippen LogP contribution >= 0.6 is 15.9 Å². The molecule has 149 heavy (non-hydrogen) atoms. The topological polar surface area (TPSA) is 641 Å². The van der Waals surface area contributed by atoms with E-state index in [0.29, 0.717) is 181 Å². The molecule has 0 bridgehead atoms. The van der Waals surface area contributed by atoms with Crippen LogP contribution in [0.15, 0.2) is 90.4 Å². The summed E-state index contributed by atoms with van der Waals surface area (Å²) in [4.78, 5) is 204. The van der Waals surface area contributed by atoms with Crippen molar-refractivity contribution < 1.29 is 90.4 Å². The first-order valence-electron chi connectivity index (χ1n) is 48.7. The number of carbonyl (C=O) groups excluding carboxylic acids is 7. The Bertz CT molecular complexity index is 6970. The number of amides is 7. The van der Waals surface area contributed by atoms with Gasteiger partial charge in [-0.3, -0.25) is 80.4 Å². The van der Waals surface area contributed by atoms with Gasteiger partial charge >= 0.3 is 51.4 Å². The van der Waals surface area contributed by atoms with Gasteiger partial charge in [-0.05, 0) is 301 Å². The number of nitrogens with zero attached hydrogens (tertiary/aromatic N) is 20. The molecule has 22 rings (SSSR count). The van der Waals surface area contributed by atoms with Crippen LogP contribution in [0.25, 0.3) is 0 Å². The Hall–Kier alpha value is -13.3. The van der Waals surface area contributed by atoms with Crippen molar-refractivity contribution >= 4 is 138 Å². The Morgan fingerprint density at radius 3 is 0.758 bits per heavy atom. The number of nitrogen functional groups attached to an aromatic ring is 4. The van der Waals surface area contributed by atoms with Gasteiger partial charge < -0.3 is 111 Å². The second kappa shape index (κ2) is 44.1. The first-order valence-corrected chi connectivity index (χ1v) is 49.5. The van der Waals surface area contributed by atoms with Crippen LogP contribution in [-0.4, -0.2) is 245 Å². The first-order chi connectivity index (χ1) is 69.4. The summed E-state index contributed by atoms with van der Waals surface area (Å²) in [5, 5.41) is 33.3. The molecule has 12 aliphatic rings. The van der Waals surface area contributed by atoms with E-state index in [0.717, 1.165) is 144 Å². The monoisotopic (exact) mass is 2130 g/mol. The Balaban J connectivity index is 0.000000142. The van der Waals surface area contributed by atoms with E-state index >= 15 is 0 Å². The van der Waals surface area contributed by atoms with Gasteiger partial charge in [0, 0.05) is 72.4 Å². The largest absolute Gasteiger partial charge is 1.00 e. The van der Waals surface area contributed by atoms with E-state index in [1.165, 1.54) is 31.6 Å². The predicted molar refractivity (Wildman–Crippen MR) is 562 cm³/mol. The van der Waals surface area contributed by atoms with Crippen LogP contribution in [0, 0.1) is 81.1 Å². The SMILES string of the molecule is C.Cc1c(N)ncnc1NC(=O)C1CC1.Cc1cc(Br)c(=O)n2c1C(=O)NC21CCCN(C)C1.Cc1cc(Nc2ncnc(N)c2C)c(=O)n2c1C(=O)NC21CCCN(C)C1.Cc1cc(Nc2ncnc(N)c2C)c(=O)n2c1C(=O)N[C@@]21CCCN(C)C1.Cc1cc(Nc2ncnc(N)c2C)c(=O)n2c1C(=O)N[C@]21CCCN(C)C1.Cc1cc(Nc2ncnc(NC(=O)C3CC3)c2C)c(=O)n2c1C(=O)NC21CCCN(C)C1.[K+].[OH-]. The van der Waals surface area contributed by atoms with Crippen molar-refractivity contribution in [1.29, 1.82) is 0 Å². The molecule has 50 heteroatoms. The van der Waals surface area contributed by atoms with Gasteiger partial charge in [-0.2, -0.15) is 0 Å². The third-order valence-corrected chi connectivity index (χ3v) is 29.7. The van der Waals surface area contributed by atoms with E-state index in [4.69, 9.17) is 22.9 Å². The third-order valence-electron chi connectivity index (χ3n) is 29.1. The van der Waals surface area contributed by atoms with Crippen LogP contribution in [0.2, 0.25) is 0 Å². The average molecular weight is 2140 g/mol. The zero-order valence-corrected chi connectivity index (χ0v) is 90.6. The average Bonchev–Trinajstić information content (AvgIpc) is 1.59. The van der Waals surface area contributed by atoms with Crippen molar-refractivity contribution in [1.82, 2.24) is 124 Å². The van der Waals surface area contributed by atoms with Gasteiger partial charge in [-0.15, -0.1) is 0 Å². The van der Waals surface area contributed by atoms with Crippen molar-refractivity contribution in [2.45, 2.75) is 195 Å². The molecular weight excluding hydrogens is 2010 g/mol. The Morgan fingerprint density at radius 1 is 0.322 bits per heavy atom. The zero-order chi connectivity index (χ0) is 105. The van der Waals surface area contributed by atoms with Crippen molar-refractivity contribution in [3.8, 4) is 0 Å². The Kier molecular flexibility index (Phi) is 33.0. The summed E-state index contributed by atoms with van der Waals surface area (Å²) >= 11 is 3.30. The number of pyridine rings is 5. The van der Waals surface area contributed by atoms with E-state index in [2.05, 4.69) is 149 Å². The van der Waals surface area contributed by atoms with E-state index in [-0.39, 0.29) is 145 Å². The number of carbonyl (C=O) groups is 7. The quantitative estimate of drug-likeness (QED) is 0.0782. The Labute approximate surface area is 909 Å². The molecule has 7 amide bonds. The minimum atomic E-state index is -0.747. The molecule has 0 radical (unpaired) electrons. The normalized spacial score (nSPS) is 21.6. The van der Waals surface area contributed by atoms with Crippen molar-refractivity contribution in [3.63, 3.8) is 0 Å². The van der Waals surface area contributed by atoms with Crippen LogP contribution in [0.1, 0.15) is 205 Å². The number of rotatable bonds is 12. The van der Waals surface area contributed by atoms with Gasteiger partial charge in [0.2, 0.25) is 11.8 Å². The summed E-state index contributed by atoms with van der Waals surface area (Å²) in [5.74, 6) is 3.56. The van der Waals surface area contributed by atoms with Gasteiger partial charge in [0.15, 0.2) is 0 Å². The van der Waals surface area contributed by atoms with E-state index in [1.807, 2.05) is 69.9 Å². The second-order valence-electron chi connectivity index (χ2n) is 40.4. The van der Waals surface area contributed by atoms with Crippen molar-refractivity contribution in [3.05, 3.63) is 202 Å². The van der Waals surface area contributed by atoms with Gasteiger partial charge in [0.05, 0.1) is 4.47 Å². The first kappa shape index (κ1) is 111. The number of hydrogen-bond acceptors (Lipinski definition) is 36. The molecule has 48 nitrogen and oxygen atoms in total. The van der Waals surface area contributed by atoms with Crippen LogP contribution in [0.5, 0.6) is 0 Å². The molecule has 5 saturated heterocycles. The minimum Gasteiger partial charge on any atom is -0.870 e. The molecular formula is C99H129BrKN35O13. The maximum Gasteiger partial charge on any atom is 1.00 e. The van der Waals surface area contributed by atoms with E-state index < -0.39 is 28.3 Å². The summed E-state index contributed by atoms with van der Waals surface area (Å²) in [5.41, 5.74) is 29.2. The molecule has 20 heterocycles. The molecule has 10 aliphatic heterocycles. The number of anilines is 14. The molecule has 786 valence electrons. The van der Waals surface area contributed by atoms with Crippen LogP contribution in [0.4, 0.5) is 80.9 Å². The number of aromatic nitrogens is 15. The minimum absolute atomic E-state index is 0. The smallest absolute Gasteiger partial charge is 0.870 e. The van der Waals surface area contributed by atoms with Crippen LogP contribution < -0.4 is 161 Å². The molecule has 2 saturated carbocycles. The van der Waals surface area contributed by atoms with Gasteiger partial charge in [-0.25, -0.2) is 49.8 Å². The van der Waals surface area contributed by atoms with Crippen LogP contribution in [-0.2, 0) is 37.9 Å². The number of hydrogen-bond donors (Lipinski definition) is 15. The molecule has 5 spiro atoms. The standard InChI is InChI=1S/C22H27N7O3.3C18H23N7O2.C13H16BrN3O2.C9H12N4O.CH4.K.H2O/c1-12-9-15(25-17-13(2)18(24-11-23-17)26-19(30)14-5-6-14)21(32)29-16(12)20(31)27-22(29)7-4-8-28(3)10-22;3*1-10-7-12(22-15-11(2)14(19)20-9-21-15)17(27)25-13(10)16(26)23-18(25)5-4-6-24(3)8-18;1-8-6-9(14)12(19)17-10(8)11(18)15-13(17)4-3-5-16(2)7-13;1-5-7(10)11-4-12-8(5)13-9(14)6-2-3-6;;;/h9,11,14H,4-8,10H2,1-3H3,(H,27,31)(H2,23,24,25,26,30);3*7,9H,4-6,8H2,1-3H3,(H,23,26)(H3,19,20,21,22);6H,3-5,7H2,1-2H3,(H,15,18);4,6H,2-3H2,1H3,(H3,10,11,12,13,14);1H4;;1H2/q;;;;;;;+1;/p-1/t;2*18-;;;;;;/m.10....../s1. The fraction of sp³-hybridized carbons (Fsp3) is 0.475. The third kappa shape index (κ3) is 21.8. The summed E-state index contributed by atoms with van der Waals surface area (Å²) in [6.07, 6.45) is 18.7. The van der Waals surface area contributed by atoms with Gasteiger partial charge in [-0.1, -0.05) is 7.43 Å². The molecule has 20 N–H and O–H groups in total. The molecule has 0 aromatic carbocycles. The number of nitrogens with two attached hydrogens (primary N) is 4. The molecule has 3 unspecified atom stereocenters. The zero-order valence-electron chi connectivity index (χ0n) is 85.9. The molecule has 5 atom stereocenters. The van der Waals surface area contributed by atoms with Crippen molar-refractivity contribution in [2.24, 2.45) is 11.8 Å². The molecule has 10 aromatic heterocycles. The maximum atomic E-state index is 13.6. The number of aryl methyl sites for hydroxylation is 5. The van der Waals surface area contributed by atoms with Gasteiger partial charge in [0.1, 0.15) is 169 Å². The Morgan fingerprint density at radius 2 is 0.523 bits per heavy atom. The summed E-state index contributed by atoms with van der Waals surface area (Å²) in [6.45, 7) is 25.9. The van der Waals surface area contributed by atoms with E-state index in [1.54, 1.807) is 87.8 Å². The van der Waals surface area contributed by atoms with Crippen molar-refractivity contribution in [2.75, 3.05) is 156 Å². The molecule has 10 aromatic rings. The summed E-state index contributed by atoms with van der Waals surface area (Å²) in [6, 6.07) is 8.48. The fourth-order valence-electron chi connectivity index (χ4n) is 21.5. The van der Waals surface area contributed by atoms with Crippen LogP contribution in [0.3, 0.4) is 0 Å². The second-order valence-corrected chi connectivity index (χ2v) is 41.2. The van der Waals surface area contributed by atoms with E-state index in [9.17, 15) is 57.5 Å². The summed E-state index contributed by atoms with van der Waals surface area (Å²) in [7, 11) is 10.0. The number of nitrogens with one attached hydrogen (secondary N) is 11. The van der Waals surface area contributed by atoms with Gasteiger partial charge in [0.25, 0.3) is 57.3 Å². The number of fused-ring (bicyclic) bond motifs is 10.